The van der Waals surface area contributed by atoms with Crippen LogP contribution in [0.2, 0.25) is 0 Å². The van der Waals surface area contributed by atoms with Crippen LogP contribution in [-0.4, -0.2) is 61.4 Å². The molecule has 2 rings (SSSR count). The molecule has 1 heterocycles. The number of ether oxygens (including phenoxy) is 2. The molecule has 0 aliphatic rings. The van der Waals surface area contributed by atoms with Gasteiger partial charge < -0.3 is 19.7 Å². The first-order chi connectivity index (χ1) is 12.6. The van der Waals surface area contributed by atoms with E-state index in [0.717, 1.165) is 29.4 Å². The van der Waals surface area contributed by atoms with Gasteiger partial charge in [0, 0.05) is 24.2 Å². The van der Waals surface area contributed by atoms with Crippen molar-refractivity contribution in [2.45, 2.75) is 32.8 Å². The van der Waals surface area contributed by atoms with Crippen molar-refractivity contribution in [1.29, 1.82) is 0 Å². The van der Waals surface area contributed by atoms with E-state index in [-0.39, 0.29) is 12.5 Å². The zero-order valence-corrected chi connectivity index (χ0v) is 17.0. The number of nitrogens with zero attached hydrogens (tertiary/aromatic N) is 2. The van der Waals surface area contributed by atoms with Crippen molar-refractivity contribution in [2.75, 3.05) is 34.3 Å². The number of methoxy groups -OCH3 is 1. The zero-order chi connectivity index (χ0) is 20.2. The summed E-state index contributed by atoms with van der Waals surface area (Å²) in [5.74, 6) is 0.434. The first kappa shape index (κ1) is 20.8. The van der Waals surface area contributed by atoms with Gasteiger partial charge in [0.2, 0.25) is 0 Å². The summed E-state index contributed by atoms with van der Waals surface area (Å²) in [6, 6.07) is 5.68. The van der Waals surface area contributed by atoms with E-state index in [2.05, 4.69) is 10.2 Å². The molecule has 0 aliphatic carbocycles. The van der Waals surface area contributed by atoms with E-state index in [1.54, 1.807) is 32.4 Å². The van der Waals surface area contributed by atoms with Crippen LogP contribution in [0.25, 0.3) is 10.9 Å². The zero-order valence-electron chi connectivity index (χ0n) is 17.0. The maximum atomic E-state index is 12.7. The molecule has 7 nitrogen and oxygen atoms in total. The highest BCUT2D eigenvalue weighted by molar-refractivity contribution is 5.96. The van der Waals surface area contributed by atoms with Crippen LogP contribution in [0.3, 0.4) is 0 Å². The van der Waals surface area contributed by atoms with E-state index in [4.69, 9.17) is 9.47 Å². The molecular formula is C20H29N3O4. The summed E-state index contributed by atoms with van der Waals surface area (Å²) in [7, 11) is 5.61. The van der Waals surface area contributed by atoms with E-state index in [1.165, 1.54) is 0 Å². The number of benzene rings is 1. The van der Waals surface area contributed by atoms with Crippen LogP contribution in [0.5, 0.6) is 5.75 Å². The van der Waals surface area contributed by atoms with Crippen molar-refractivity contribution in [3.8, 4) is 5.75 Å². The third-order valence-corrected chi connectivity index (χ3v) is 3.98. The molecule has 0 atom stereocenters. The maximum Gasteiger partial charge on any atom is 0.408 e. The summed E-state index contributed by atoms with van der Waals surface area (Å²) in [6.45, 7) is 6.05. The molecule has 27 heavy (non-hydrogen) atoms. The molecule has 1 amide bonds. The van der Waals surface area contributed by atoms with E-state index in [9.17, 15) is 9.59 Å². The van der Waals surface area contributed by atoms with Gasteiger partial charge in [0.25, 0.3) is 5.91 Å². The lowest BCUT2D eigenvalue weighted by Gasteiger charge is -2.19. The van der Waals surface area contributed by atoms with Gasteiger partial charge in [0.15, 0.2) is 0 Å². The second-order valence-corrected chi connectivity index (χ2v) is 7.71. The van der Waals surface area contributed by atoms with Gasteiger partial charge in [-0.15, -0.1) is 0 Å². The van der Waals surface area contributed by atoms with E-state index in [1.807, 2.05) is 38.5 Å². The Kier molecular flexibility index (Phi) is 6.49. The highest BCUT2D eigenvalue weighted by Gasteiger charge is 2.19. The Hall–Kier alpha value is -2.54. The highest BCUT2D eigenvalue weighted by Crippen LogP contribution is 2.26. The van der Waals surface area contributed by atoms with Crippen LogP contribution in [-0.2, 0) is 11.2 Å². The minimum absolute atomic E-state index is 0.150. The smallest absolute Gasteiger partial charge is 0.408 e. The van der Waals surface area contributed by atoms with Crippen LogP contribution < -0.4 is 10.1 Å². The number of aromatic nitrogens is 1. The summed E-state index contributed by atoms with van der Waals surface area (Å²) in [5, 5.41) is 3.52. The van der Waals surface area contributed by atoms with E-state index < -0.39 is 11.7 Å². The summed E-state index contributed by atoms with van der Waals surface area (Å²) in [4.78, 5) is 26.6. The quantitative estimate of drug-likeness (QED) is 0.840. The normalized spacial score (nSPS) is 11.7. The molecule has 1 N–H and O–H groups in total. The molecule has 0 unspecified atom stereocenters. The SMILES string of the molecule is COc1ccc2c(CCN(C)C)cn(C(=O)CNC(=O)OC(C)(C)C)c2c1. The van der Waals surface area contributed by atoms with E-state index >= 15 is 0 Å². The van der Waals surface area contributed by atoms with Crippen molar-refractivity contribution < 1.29 is 19.1 Å². The number of nitrogens with one attached hydrogen (secondary N) is 1. The van der Waals surface area contributed by atoms with Gasteiger partial charge >= 0.3 is 6.09 Å². The number of likely N-dealkylation sites (N-methyl/N-ethyl adjacent to an activating group) is 1. The number of carbonyl (C=O) groups is 2. The number of carbonyl (C=O) groups excluding carboxylic acids is 2. The molecule has 0 aliphatic heterocycles. The number of fused-ring (bicyclic) bond motifs is 1. The first-order valence-corrected chi connectivity index (χ1v) is 8.93. The first-order valence-electron chi connectivity index (χ1n) is 8.93. The Balaban J connectivity index is 2.24. The van der Waals surface area contributed by atoms with Crippen molar-refractivity contribution in [2.24, 2.45) is 0 Å². The van der Waals surface area contributed by atoms with Crippen LogP contribution in [0.4, 0.5) is 4.79 Å². The Morgan fingerprint density at radius 3 is 2.52 bits per heavy atom. The summed E-state index contributed by atoms with van der Waals surface area (Å²) in [6.07, 6.45) is 2.04. The molecule has 1 aromatic carbocycles. The summed E-state index contributed by atoms with van der Waals surface area (Å²) >= 11 is 0. The lowest BCUT2D eigenvalue weighted by Crippen LogP contribution is -2.36. The van der Waals surface area contributed by atoms with Gasteiger partial charge in [-0.25, -0.2) is 4.79 Å². The van der Waals surface area contributed by atoms with Crippen molar-refractivity contribution in [3.63, 3.8) is 0 Å². The summed E-state index contributed by atoms with van der Waals surface area (Å²) < 4.78 is 12.0. The van der Waals surface area contributed by atoms with E-state index in [0.29, 0.717) is 5.75 Å². The standard InChI is InChI=1S/C20H29N3O4/c1-20(2,3)27-19(25)21-12-18(24)23-13-14(9-10-22(4)5)16-8-7-15(26-6)11-17(16)23/h7-8,11,13H,9-10,12H2,1-6H3,(H,21,25). The van der Waals surface area contributed by atoms with Crippen molar-refractivity contribution >= 4 is 22.9 Å². The number of amides is 1. The van der Waals surface area contributed by atoms with Crippen molar-refractivity contribution in [1.82, 2.24) is 14.8 Å². The number of alkyl carbamates (subject to hydrolysis) is 1. The third-order valence-electron chi connectivity index (χ3n) is 3.98. The fraction of sp³-hybridized carbons (Fsp3) is 0.500. The Morgan fingerprint density at radius 1 is 1.22 bits per heavy atom. The molecule has 0 saturated heterocycles. The molecule has 0 fully saturated rings. The fourth-order valence-electron chi connectivity index (χ4n) is 2.70. The molecule has 0 radical (unpaired) electrons. The van der Waals surface area contributed by atoms with Gasteiger partial charge in [-0.05, 0) is 59.0 Å². The lowest BCUT2D eigenvalue weighted by molar-refractivity contribution is 0.0515. The van der Waals surface area contributed by atoms with Gasteiger partial charge in [-0.2, -0.15) is 0 Å². The molecule has 0 spiro atoms. The number of hydrogen-bond donors (Lipinski definition) is 1. The Bertz CT molecular complexity index is 818. The predicted molar refractivity (Wildman–Crippen MR) is 106 cm³/mol. The monoisotopic (exact) mass is 375 g/mol. The summed E-state index contributed by atoms with van der Waals surface area (Å²) in [5.41, 5.74) is 1.23. The average Bonchev–Trinajstić information content (AvgIpc) is 2.94. The Morgan fingerprint density at radius 2 is 1.93 bits per heavy atom. The second kappa shape index (κ2) is 8.43. The molecule has 1 aromatic heterocycles. The highest BCUT2D eigenvalue weighted by atomic mass is 16.6. The lowest BCUT2D eigenvalue weighted by atomic mass is 10.1. The Labute approximate surface area is 160 Å². The minimum atomic E-state index is -0.613. The molecule has 148 valence electrons. The minimum Gasteiger partial charge on any atom is -0.497 e. The predicted octanol–water partition coefficient (Wildman–Crippen LogP) is 2.92. The fourth-order valence-corrected chi connectivity index (χ4v) is 2.70. The van der Waals surface area contributed by atoms with Crippen LogP contribution in [0.1, 0.15) is 31.1 Å². The number of hydrogen-bond acceptors (Lipinski definition) is 5. The van der Waals surface area contributed by atoms with Gasteiger partial charge in [-0.3, -0.25) is 9.36 Å². The molecule has 7 heteroatoms. The third kappa shape index (κ3) is 5.72. The van der Waals surface area contributed by atoms with Gasteiger partial charge in [0.1, 0.15) is 17.9 Å². The largest absolute Gasteiger partial charge is 0.497 e. The van der Waals surface area contributed by atoms with Gasteiger partial charge in [0.05, 0.1) is 12.6 Å². The van der Waals surface area contributed by atoms with Crippen molar-refractivity contribution in [3.05, 3.63) is 30.0 Å². The molecule has 2 aromatic rings. The van der Waals surface area contributed by atoms with Crippen LogP contribution >= 0.6 is 0 Å². The average molecular weight is 375 g/mol. The topological polar surface area (TPSA) is 72.8 Å². The molecule has 0 bridgehead atoms. The molecule has 0 saturated carbocycles. The van der Waals surface area contributed by atoms with Gasteiger partial charge in [-0.1, -0.05) is 0 Å². The molecular weight excluding hydrogens is 346 g/mol. The maximum absolute atomic E-state index is 12.7. The number of rotatable bonds is 6. The van der Waals surface area contributed by atoms with Crippen LogP contribution in [0.15, 0.2) is 24.4 Å². The second-order valence-electron chi connectivity index (χ2n) is 7.71. The van der Waals surface area contributed by atoms with Crippen LogP contribution in [0, 0.1) is 0 Å².